The Morgan fingerprint density at radius 2 is 2.00 bits per heavy atom. The molecule has 1 atom stereocenters. The van der Waals surface area contributed by atoms with Gasteiger partial charge < -0.3 is 10.2 Å². The summed E-state index contributed by atoms with van der Waals surface area (Å²) in [6.45, 7) is 1.02. The van der Waals surface area contributed by atoms with Crippen LogP contribution in [-0.2, 0) is 24.1 Å². The maximum absolute atomic E-state index is 13.1. The summed E-state index contributed by atoms with van der Waals surface area (Å²) in [7, 11) is 0. The number of nitrogens with zero attached hydrogens (tertiary/aromatic N) is 2. The Morgan fingerprint density at radius 1 is 1.19 bits per heavy atom. The van der Waals surface area contributed by atoms with Crippen LogP contribution in [0.15, 0.2) is 42.6 Å². The van der Waals surface area contributed by atoms with Crippen molar-refractivity contribution in [2.75, 3.05) is 13.1 Å². The Kier molecular flexibility index (Phi) is 4.69. The highest BCUT2D eigenvalue weighted by atomic mass is 16.2. The number of carbonyl (C=O) groups excluding carboxylic acids is 2. The van der Waals surface area contributed by atoms with E-state index in [-0.39, 0.29) is 11.8 Å². The lowest BCUT2D eigenvalue weighted by atomic mass is 9.94. The molecule has 1 N–H and O–H groups in total. The van der Waals surface area contributed by atoms with Gasteiger partial charge in [0, 0.05) is 31.4 Å². The second kappa shape index (κ2) is 7.28. The molecule has 0 bridgehead atoms. The van der Waals surface area contributed by atoms with Gasteiger partial charge in [-0.1, -0.05) is 30.3 Å². The van der Waals surface area contributed by atoms with Crippen LogP contribution < -0.4 is 5.32 Å². The number of aryl methyl sites for hydroxylation is 2. The average Bonchev–Trinajstić information content (AvgIpc) is 2.69. The van der Waals surface area contributed by atoms with Gasteiger partial charge in [0.15, 0.2) is 0 Å². The summed E-state index contributed by atoms with van der Waals surface area (Å²) < 4.78 is 0. The molecular weight excluding hydrogens is 326 g/mol. The van der Waals surface area contributed by atoms with E-state index in [4.69, 9.17) is 0 Å². The molecule has 2 heterocycles. The van der Waals surface area contributed by atoms with Crippen LogP contribution in [0.2, 0.25) is 0 Å². The third-order valence-electron chi connectivity index (χ3n) is 5.28. The predicted octanol–water partition coefficient (Wildman–Crippen LogP) is 2.14. The fraction of sp³-hybridized carbons (Fsp3) is 0.381. The van der Waals surface area contributed by atoms with Crippen molar-refractivity contribution in [3.63, 3.8) is 0 Å². The molecule has 1 aromatic carbocycles. The number of piperazine rings is 1. The summed E-state index contributed by atoms with van der Waals surface area (Å²) >= 11 is 0. The van der Waals surface area contributed by atoms with Gasteiger partial charge >= 0.3 is 0 Å². The SMILES string of the molecule is O=C1NCCN(C(=O)c2cnc3c(c2)CCCC3)[C@H]1Cc1ccccc1. The zero-order valence-corrected chi connectivity index (χ0v) is 14.8. The van der Waals surface area contributed by atoms with Crippen LogP contribution in [-0.4, -0.2) is 40.8 Å². The normalized spacial score (nSPS) is 19.6. The van der Waals surface area contributed by atoms with E-state index in [1.165, 1.54) is 12.0 Å². The van der Waals surface area contributed by atoms with Gasteiger partial charge in [-0.2, -0.15) is 0 Å². The van der Waals surface area contributed by atoms with Gasteiger partial charge in [0.05, 0.1) is 5.56 Å². The standard InChI is InChI=1S/C21H23N3O2/c25-20-19(12-15-6-2-1-3-7-15)24(11-10-22-20)21(26)17-13-16-8-4-5-9-18(16)23-14-17/h1-3,6-7,13-14,19H,4-5,8-12H2,(H,22,25)/t19-/m0/s1. The van der Waals surface area contributed by atoms with Crippen LogP contribution in [0.4, 0.5) is 0 Å². The Balaban J connectivity index is 1.59. The lowest BCUT2D eigenvalue weighted by Crippen LogP contribution is -2.58. The van der Waals surface area contributed by atoms with E-state index in [0.29, 0.717) is 25.1 Å². The molecule has 2 aromatic rings. The van der Waals surface area contributed by atoms with Gasteiger partial charge in [-0.3, -0.25) is 14.6 Å². The maximum Gasteiger partial charge on any atom is 0.256 e. The zero-order valence-electron chi connectivity index (χ0n) is 14.8. The molecule has 1 fully saturated rings. The largest absolute Gasteiger partial charge is 0.353 e. The first-order valence-corrected chi connectivity index (χ1v) is 9.33. The second-order valence-corrected chi connectivity index (χ2v) is 7.03. The first-order chi connectivity index (χ1) is 12.7. The summed E-state index contributed by atoms with van der Waals surface area (Å²) in [5, 5.41) is 2.89. The van der Waals surface area contributed by atoms with Crippen molar-refractivity contribution in [1.82, 2.24) is 15.2 Å². The van der Waals surface area contributed by atoms with E-state index in [9.17, 15) is 9.59 Å². The maximum atomic E-state index is 13.1. The van der Waals surface area contributed by atoms with Gasteiger partial charge in [0.1, 0.15) is 6.04 Å². The molecule has 0 saturated carbocycles. The third-order valence-corrected chi connectivity index (χ3v) is 5.28. The molecule has 0 spiro atoms. The summed E-state index contributed by atoms with van der Waals surface area (Å²) in [6.07, 6.45) is 6.49. The molecule has 1 saturated heterocycles. The van der Waals surface area contributed by atoms with Crippen molar-refractivity contribution in [1.29, 1.82) is 0 Å². The fourth-order valence-corrected chi connectivity index (χ4v) is 3.87. The number of benzene rings is 1. The molecule has 1 aliphatic heterocycles. The predicted molar refractivity (Wildman–Crippen MR) is 98.9 cm³/mol. The highest BCUT2D eigenvalue weighted by Gasteiger charge is 2.34. The van der Waals surface area contributed by atoms with Gasteiger partial charge in [-0.15, -0.1) is 0 Å². The number of nitrogens with one attached hydrogen (secondary N) is 1. The second-order valence-electron chi connectivity index (χ2n) is 7.03. The summed E-state index contributed by atoms with van der Waals surface area (Å²) in [4.78, 5) is 31.8. The van der Waals surface area contributed by atoms with Crippen molar-refractivity contribution in [2.45, 2.75) is 38.1 Å². The van der Waals surface area contributed by atoms with Crippen molar-refractivity contribution in [3.8, 4) is 0 Å². The fourth-order valence-electron chi connectivity index (χ4n) is 3.87. The molecule has 0 radical (unpaired) electrons. The first-order valence-electron chi connectivity index (χ1n) is 9.33. The minimum absolute atomic E-state index is 0.0839. The van der Waals surface area contributed by atoms with Crippen LogP contribution in [0.3, 0.4) is 0 Å². The van der Waals surface area contributed by atoms with Crippen molar-refractivity contribution in [2.24, 2.45) is 0 Å². The Morgan fingerprint density at radius 3 is 2.85 bits per heavy atom. The van der Waals surface area contributed by atoms with Crippen molar-refractivity contribution in [3.05, 3.63) is 65.0 Å². The molecular formula is C21H23N3O2. The summed E-state index contributed by atoms with van der Waals surface area (Å²) in [6, 6.07) is 11.3. The van der Waals surface area contributed by atoms with E-state index >= 15 is 0 Å². The van der Waals surface area contributed by atoms with E-state index < -0.39 is 6.04 Å². The van der Waals surface area contributed by atoms with E-state index in [1.807, 2.05) is 36.4 Å². The van der Waals surface area contributed by atoms with Crippen molar-refractivity contribution < 1.29 is 9.59 Å². The number of hydrogen-bond donors (Lipinski definition) is 1. The third kappa shape index (κ3) is 3.34. The monoisotopic (exact) mass is 349 g/mol. The highest BCUT2D eigenvalue weighted by Crippen LogP contribution is 2.22. The van der Waals surface area contributed by atoms with Gasteiger partial charge in [-0.25, -0.2) is 0 Å². The molecule has 134 valence electrons. The van der Waals surface area contributed by atoms with Crippen LogP contribution in [0, 0.1) is 0 Å². The molecule has 1 aliphatic carbocycles. The van der Waals surface area contributed by atoms with Gasteiger partial charge in [-0.05, 0) is 42.9 Å². The molecule has 4 rings (SSSR count). The van der Waals surface area contributed by atoms with Crippen LogP contribution in [0.25, 0.3) is 0 Å². The number of aromatic nitrogens is 1. The zero-order chi connectivity index (χ0) is 17.9. The molecule has 2 amide bonds. The molecule has 5 heteroatoms. The number of amides is 2. The minimum atomic E-state index is -0.477. The topological polar surface area (TPSA) is 62.3 Å². The number of carbonyl (C=O) groups is 2. The number of pyridine rings is 1. The average molecular weight is 349 g/mol. The lowest BCUT2D eigenvalue weighted by molar-refractivity contribution is -0.127. The van der Waals surface area contributed by atoms with E-state index in [1.54, 1.807) is 11.1 Å². The summed E-state index contributed by atoms with van der Waals surface area (Å²) in [5.41, 5.74) is 3.95. The first kappa shape index (κ1) is 16.8. The Labute approximate surface area is 153 Å². The van der Waals surface area contributed by atoms with E-state index in [0.717, 1.165) is 30.5 Å². The lowest BCUT2D eigenvalue weighted by Gasteiger charge is -2.35. The minimum Gasteiger partial charge on any atom is -0.353 e. The number of fused-ring (bicyclic) bond motifs is 1. The van der Waals surface area contributed by atoms with Crippen LogP contribution >= 0.6 is 0 Å². The Hall–Kier alpha value is -2.69. The van der Waals surface area contributed by atoms with Crippen LogP contribution in [0.5, 0.6) is 0 Å². The quantitative estimate of drug-likeness (QED) is 0.923. The number of hydrogen-bond acceptors (Lipinski definition) is 3. The van der Waals surface area contributed by atoms with Crippen LogP contribution in [0.1, 0.15) is 40.0 Å². The van der Waals surface area contributed by atoms with Crippen molar-refractivity contribution >= 4 is 11.8 Å². The molecule has 5 nitrogen and oxygen atoms in total. The smallest absolute Gasteiger partial charge is 0.256 e. The summed E-state index contributed by atoms with van der Waals surface area (Å²) in [5.74, 6) is -0.180. The molecule has 1 aromatic heterocycles. The molecule has 2 aliphatic rings. The molecule has 26 heavy (non-hydrogen) atoms. The molecule has 0 unspecified atom stereocenters. The highest BCUT2D eigenvalue weighted by molar-refractivity contribution is 5.98. The van der Waals surface area contributed by atoms with E-state index in [2.05, 4.69) is 10.3 Å². The number of rotatable bonds is 3. The van der Waals surface area contributed by atoms with Gasteiger partial charge in [0.25, 0.3) is 5.91 Å². The van der Waals surface area contributed by atoms with Gasteiger partial charge in [0.2, 0.25) is 5.91 Å². The Bertz CT molecular complexity index is 819.